The van der Waals surface area contributed by atoms with Gasteiger partial charge in [0.1, 0.15) is 0 Å². The van der Waals surface area contributed by atoms with Crippen molar-refractivity contribution in [3.8, 4) is 0 Å². The van der Waals surface area contributed by atoms with Gasteiger partial charge >= 0.3 is 0 Å². The van der Waals surface area contributed by atoms with Gasteiger partial charge in [-0.1, -0.05) is 26.7 Å². The number of fused-ring (bicyclic) bond motifs is 5. The first-order chi connectivity index (χ1) is 13.0. The first-order valence-corrected chi connectivity index (χ1v) is 12.0. The second-order valence-electron chi connectivity index (χ2n) is 10.9. The van der Waals surface area contributed by atoms with Crippen molar-refractivity contribution < 1.29 is 10.2 Å². The third-order valence-corrected chi connectivity index (χ3v) is 9.96. The lowest BCUT2D eigenvalue weighted by molar-refractivity contribution is -0.115. The standard InChI is InChI=1S/C24H43NO2/c1-23-12-4-3-6-18(23)7-8-19-20-9-10-22(24(20,2)13-11-21(19)23)25(15-17-27)14-5-16-26/h18-22,26-27H,3-17H2,1-2H3. The van der Waals surface area contributed by atoms with Crippen LogP contribution in [-0.4, -0.2) is 47.5 Å². The second kappa shape index (κ2) is 7.95. The van der Waals surface area contributed by atoms with E-state index in [-0.39, 0.29) is 13.2 Å². The Bertz CT molecular complexity index is 511. The Morgan fingerprint density at radius 3 is 2.37 bits per heavy atom. The fourth-order valence-corrected chi connectivity index (χ4v) is 8.69. The molecule has 3 heteroatoms. The number of aliphatic hydroxyl groups is 2. The molecule has 4 saturated carbocycles. The highest BCUT2D eigenvalue weighted by atomic mass is 16.3. The normalized spacial score (nSPS) is 46.8. The summed E-state index contributed by atoms with van der Waals surface area (Å²) in [6.45, 7) is 7.48. The van der Waals surface area contributed by atoms with Crippen molar-refractivity contribution in [3.05, 3.63) is 0 Å². The third kappa shape index (κ3) is 3.30. The summed E-state index contributed by atoms with van der Waals surface area (Å²) in [6.07, 6.45) is 15.2. The molecule has 7 unspecified atom stereocenters. The summed E-state index contributed by atoms with van der Waals surface area (Å²) in [4.78, 5) is 2.53. The van der Waals surface area contributed by atoms with Gasteiger partial charge in [0.2, 0.25) is 0 Å². The molecule has 4 aliphatic carbocycles. The van der Waals surface area contributed by atoms with Gasteiger partial charge in [0.05, 0.1) is 6.61 Å². The lowest BCUT2D eigenvalue weighted by Crippen LogP contribution is -2.55. The Morgan fingerprint density at radius 1 is 0.778 bits per heavy atom. The van der Waals surface area contributed by atoms with E-state index in [1.54, 1.807) is 0 Å². The van der Waals surface area contributed by atoms with E-state index in [4.69, 9.17) is 0 Å². The highest BCUT2D eigenvalue weighted by molar-refractivity contribution is 5.10. The smallest absolute Gasteiger partial charge is 0.0558 e. The second-order valence-corrected chi connectivity index (χ2v) is 10.9. The molecule has 0 saturated heterocycles. The van der Waals surface area contributed by atoms with Gasteiger partial charge < -0.3 is 10.2 Å². The van der Waals surface area contributed by atoms with Crippen molar-refractivity contribution >= 4 is 0 Å². The van der Waals surface area contributed by atoms with Crippen LogP contribution in [0.15, 0.2) is 0 Å². The average Bonchev–Trinajstić information content (AvgIpc) is 3.02. The van der Waals surface area contributed by atoms with Crippen molar-refractivity contribution in [2.24, 2.45) is 34.5 Å². The zero-order chi connectivity index (χ0) is 19.1. The molecule has 4 aliphatic rings. The SMILES string of the molecule is CC12CCCCC1CCC1C2CCC2(C)C1CCC2N(CCO)CCCO. The fourth-order valence-electron chi connectivity index (χ4n) is 8.69. The predicted molar refractivity (Wildman–Crippen MR) is 110 cm³/mol. The quantitative estimate of drug-likeness (QED) is 0.718. The van der Waals surface area contributed by atoms with Crippen LogP contribution in [0.2, 0.25) is 0 Å². The molecule has 0 heterocycles. The van der Waals surface area contributed by atoms with Gasteiger partial charge in [-0.2, -0.15) is 0 Å². The molecular formula is C24H43NO2. The molecule has 0 amide bonds. The maximum absolute atomic E-state index is 9.62. The summed E-state index contributed by atoms with van der Waals surface area (Å²) in [5, 5.41) is 18.9. The van der Waals surface area contributed by atoms with Crippen LogP contribution in [-0.2, 0) is 0 Å². The van der Waals surface area contributed by atoms with Gasteiger partial charge in [-0.15, -0.1) is 0 Å². The fraction of sp³-hybridized carbons (Fsp3) is 1.00. The number of rotatable bonds is 6. The maximum Gasteiger partial charge on any atom is 0.0558 e. The lowest BCUT2D eigenvalue weighted by Gasteiger charge is -2.61. The molecule has 0 spiro atoms. The van der Waals surface area contributed by atoms with Crippen LogP contribution in [0.1, 0.15) is 84.5 Å². The van der Waals surface area contributed by atoms with Crippen LogP contribution in [0, 0.1) is 34.5 Å². The third-order valence-electron chi connectivity index (χ3n) is 9.96. The minimum atomic E-state index is 0.245. The molecule has 0 aromatic carbocycles. The van der Waals surface area contributed by atoms with Crippen LogP contribution in [0.5, 0.6) is 0 Å². The largest absolute Gasteiger partial charge is 0.396 e. The van der Waals surface area contributed by atoms with Crippen LogP contribution in [0.3, 0.4) is 0 Å². The molecule has 0 aromatic rings. The summed E-state index contributed by atoms with van der Waals surface area (Å²) < 4.78 is 0. The van der Waals surface area contributed by atoms with Crippen LogP contribution in [0.25, 0.3) is 0 Å². The summed E-state index contributed by atoms with van der Waals surface area (Å²) >= 11 is 0. The molecule has 4 fully saturated rings. The number of hydrogen-bond donors (Lipinski definition) is 2. The highest BCUT2D eigenvalue weighted by Crippen LogP contribution is 2.66. The molecule has 3 nitrogen and oxygen atoms in total. The first-order valence-electron chi connectivity index (χ1n) is 12.0. The van der Waals surface area contributed by atoms with Crippen LogP contribution < -0.4 is 0 Å². The summed E-state index contributed by atoms with van der Waals surface area (Å²) in [5.41, 5.74) is 1.05. The topological polar surface area (TPSA) is 43.7 Å². The number of aliphatic hydroxyl groups excluding tert-OH is 2. The Balaban J connectivity index is 1.54. The molecule has 0 aliphatic heterocycles. The Kier molecular flexibility index (Phi) is 5.94. The van der Waals surface area contributed by atoms with Gasteiger partial charge in [0.25, 0.3) is 0 Å². The van der Waals surface area contributed by atoms with Crippen molar-refractivity contribution in [1.29, 1.82) is 0 Å². The monoisotopic (exact) mass is 377 g/mol. The molecule has 2 N–H and O–H groups in total. The van der Waals surface area contributed by atoms with E-state index in [0.29, 0.717) is 16.9 Å². The van der Waals surface area contributed by atoms with E-state index in [1.165, 1.54) is 64.2 Å². The van der Waals surface area contributed by atoms with E-state index in [2.05, 4.69) is 18.7 Å². The van der Waals surface area contributed by atoms with E-state index in [0.717, 1.165) is 43.2 Å². The maximum atomic E-state index is 9.62. The molecule has 156 valence electrons. The van der Waals surface area contributed by atoms with Gasteiger partial charge in [-0.3, -0.25) is 4.90 Å². The van der Waals surface area contributed by atoms with E-state index >= 15 is 0 Å². The molecule has 0 bridgehead atoms. The van der Waals surface area contributed by atoms with Crippen LogP contribution in [0.4, 0.5) is 0 Å². The van der Waals surface area contributed by atoms with Crippen molar-refractivity contribution in [1.82, 2.24) is 4.90 Å². The van der Waals surface area contributed by atoms with E-state index in [1.807, 2.05) is 0 Å². The zero-order valence-electron chi connectivity index (χ0n) is 17.8. The number of hydrogen-bond acceptors (Lipinski definition) is 3. The molecular weight excluding hydrogens is 334 g/mol. The van der Waals surface area contributed by atoms with Gasteiger partial charge in [-0.05, 0) is 92.3 Å². The lowest BCUT2D eigenvalue weighted by atomic mass is 9.45. The molecule has 0 radical (unpaired) electrons. The van der Waals surface area contributed by atoms with Gasteiger partial charge in [-0.25, -0.2) is 0 Å². The zero-order valence-corrected chi connectivity index (χ0v) is 17.8. The summed E-state index contributed by atoms with van der Waals surface area (Å²) in [7, 11) is 0. The van der Waals surface area contributed by atoms with Crippen molar-refractivity contribution in [3.63, 3.8) is 0 Å². The first kappa shape index (κ1) is 20.2. The van der Waals surface area contributed by atoms with Crippen molar-refractivity contribution in [2.45, 2.75) is 90.5 Å². The molecule has 7 atom stereocenters. The summed E-state index contributed by atoms with van der Waals surface area (Å²) in [5.74, 6) is 3.81. The van der Waals surface area contributed by atoms with E-state index in [9.17, 15) is 10.2 Å². The Morgan fingerprint density at radius 2 is 1.59 bits per heavy atom. The molecule has 27 heavy (non-hydrogen) atoms. The number of nitrogens with zero attached hydrogens (tertiary/aromatic N) is 1. The predicted octanol–water partition coefficient (Wildman–Crippen LogP) is 4.46. The van der Waals surface area contributed by atoms with Crippen LogP contribution >= 0.6 is 0 Å². The highest BCUT2D eigenvalue weighted by Gasteiger charge is 2.60. The Hall–Kier alpha value is -0.120. The van der Waals surface area contributed by atoms with Gasteiger partial charge in [0, 0.05) is 25.7 Å². The molecule has 4 rings (SSSR count). The minimum absolute atomic E-state index is 0.245. The van der Waals surface area contributed by atoms with Crippen molar-refractivity contribution in [2.75, 3.05) is 26.3 Å². The van der Waals surface area contributed by atoms with Gasteiger partial charge in [0.15, 0.2) is 0 Å². The Labute approximate surface area is 166 Å². The minimum Gasteiger partial charge on any atom is -0.396 e. The average molecular weight is 378 g/mol. The molecule has 0 aromatic heterocycles. The summed E-state index contributed by atoms with van der Waals surface area (Å²) in [6, 6.07) is 0.610. The van der Waals surface area contributed by atoms with E-state index < -0.39 is 0 Å².